The van der Waals surface area contributed by atoms with Gasteiger partial charge in [-0.05, 0) is 0 Å². The molecule has 1 rings (SSSR count). The third-order valence-electron chi connectivity index (χ3n) is 1.69. The van der Waals surface area contributed by atoms with Crippen LogP contribution >= 0.6 is 11.8 Å². The van der Waals surface area contributed by atoms with Gasteiger partial charge in [-0.1, -0.05) is 11.8 Å². The standard InChI is InChI=1S/C9H14N2O4S/c1-14-7-3-8(15-2)11-9(10-7)16-5-6(13)4-12/h3,6,12-13H,4-5H2,1-2H3. The van der Waals surface area contributed by atoms with Crippen LogP contribution in [-0.4, -0.2) is 52.9 Å². The van der Waals surface area contributed by atoms with Crippen LogP contribution in [-0.2, 0) is 0 Å². The van der Waals surface area contributed by atoms with Crippen LogP contribution in [0.15, 0.2) is 11.2 Å². The van der Waals surface area contributed by atoms with Crippen molar-refractivity contribution in [3.8, 4) is 11.8 Å². The molecule has 6 nitrogen and oxygen atoms in total. The molecule has 0 aliphatic heterocycles. The Hall–Kier alpha value is -1.05. The van der Waals surface area contributed by atoms with Crippen LogP contribution in [0.2, 0.25) is 0 Å². The fraction of sp³-hybridized carbons (Fsp3) is 0.556. The monoisotopic (exact) mass is 246 g/mol. The summed E-state index contributed by atoms with van der Waals surface area (Å²) in [4.78, 5) is 8.13. The second-order valence-corrected chi connectivity index (χ2v) is 3.87. The highest BCUT2D eigenvalue weighted by Crippen LogP contribution is 2.21. The Kier molecular flexibility index (Phi) is 5.30. The molecular formula is C9H14N2O4S. The first kappa shape index (κ1) is 13.0. The molecule has 0 amide bonds. The average molecular weight is 246 g/mol. The maximum absolute atomic E-state index is 9.18. The average Bonchev–Trinajstić information content (AvgIpc) is 2.35. The first-order chi connectivity index (χ1) is 7.69. The highest BCUT2D eigenvalue weighted by atomic mass is 32.2. The predicted molar refractivity (Wildman–Crippen MR) is 59.0 cm³/mol. The molecule has 1 unspecified atom stereocenters. The molecule has 0 saturated heterocycles. The quantitative estimate of drug-likeness (QED) is 0.537. The number of hydrogen-bond donors (Lipinski definition) is 2. The summed E-state index contributed by atoms with van der Waals surface area (Å²) >= 11 is 1.22. The van der Waals surface area contributed by atoms with Crippen molar-refractivity contribution < 1.29 is 19.7 Å². The maximum atomic E-state index is 9.18. The molecule has 0 fully saturated rings. The Balaban J connectivity index is 2.71. The number of thioether (sulfide) groups is 1. The minimum absolute atomic E-state index is 0.284. The molecule has 16 heavy (non-hydrogen) atoms. The zero-order valence-electron chi connectivity index (χ0n) is 9.08. The van der Waals surface area contributed by atoms with Crippen molar-refractivity contribution in [3.63, 3.8) is 0 Å². The highest BCUT2D eigenvalue weighted by Gasteiger charge is 2.08. The topological polar surface area (TPSA) is 84.7 Å². The van der Waals surface area contributed by atoms with Crippen molar-refractivity contribution in [2.75, 3.05) is 26.6 Å². The molecule has 1 aromatic rings. The molecule has 0 saturated carbocycles. The van der Waals surface area contributed by atoms with Gasteiger partial charge in [0.05, 0.1) is 33.0 Å². The molecule has 7 heteroatoms. The SMILES string of the molecule is COc1cc(OC)nc(SCC(O)CO)n1. The minimum atomic E-state index is -0.786. The first-order valence-corrected chi connectivity index (χ1v) is 5.57. The van der Waals surface area contributed by atoms with E-state index in [1.807, 2.05) is 0 Å². The molecule has 1 atom stereocenters. The van der Waals surface area contributed by atoms with Crippen molar-refractivity contribution in [3.05, 3.63) is 6.07 Å². The van der Waals surface area contributed by atoms with Gasteiger partial charge in [0.15, 0.2) is 5.16 Å². The van der Waals surface area contributed by atoms with Gasteiger partial charge in [0.2, 0.25) is 11.8 Å². The van der Waals surface area contributed by atoms with Crippen molar-refractivity contribution in [2.24, 2.45) is 0 Å². The van der Waals surface area contributed by atoms with Gasteiger partial charge in [0.25, 0.3) is 0 Å². The zero-order valence-corrected chi connectivity index (χ0v) is 9.90. The minimum Gasteiger partial charge on any atom is -0.481 e. The lowest BCUT2D eigenvalue weighted by molar-refractivity contribution is 0.113. The lowest BCUT2D eigenvalue weighted by Crippen LogP contribution is -2.14. The molecule has 0 radical (unpaired) electrons. The van der Waals surface area contributed by atoms with E-state index in [1.54, 1.807) is 6.07 Å². The zero-order chi connectivity index (χ0) is 12.0. The van der Waals surface area contributed by atoms with Crippen LogP contribution < -0.4 is 9.47 Å². The van der Waals surface area contributed by atoms with Crippen molar-refractivity contribution >= 4 is 11.8 Å². The molecule has 0 aliphatic carbocycles. The molecule has 0 aromatic carbocycles. The van der Waals surface area contributed by atoms with Crippen molar-refractivity contribution in [1.82, 2.24) is 9.97 Å². The summed E-state index contributed by atoms with van der Waals surface area (Å²) < 4.78 is 9.95. The molecule has 0 aliphatic rings. The van der Waals surface area contributed by atoms with Crippen LogP contribution in [0, 0.1) is 0 Å². The van der Waals surface area contributed by atoms with E-state index in [2.05, 4.69) is 9.97 Å². The molecule has 0 spiro atoms. The van der Waals surface area contributed by atoms with E-state index in [0.717, 1.165) is 0 Å². The lowest BCUT2D eigenvalue weighted by Gasteiger charge is -2.07. The number of aliphatic hydroxyl groups is 2. The van der Waals surface area contributed by atoms with E-state index in [4.69, 9.17) is 14.6 Å². The normalized spacial score (nSPS) is 12.2. The van der Waals surface area contributed by atoms with Gasteiger partial charge in [-0.3, -0.25) is 0 Å². The number of aliphatic hydroxyl groups excluding tert-OH is 2. The van der Waals surface area contributed by atoms with Crippen molar-refractivity contribution in [1.29, 1.82) is 0 Å². The number of nitrogens with zero attached hydrogens (tertiary/aromatic N) is 2. The lowest BCUT2D eigenvalue weighted by atomic mass is 10.4. The van der Waals surface area contributed by atoms with Gasteiger partial charge in [-0.25, -0.2) is 0 Å². The number of ether oxygens (including phenoxy) is 2. The Bertz CT molecular complexity index is 315. The van der Waals surface area contributed by atoms with Crippen LogP contribution in [0.1, 0.15) is 0 Å². The van der Waals surface area contributed by atoms with Crippen LogP contribution in [0.25, 0.3) is 0 Å². The van der Waals surface area contributed by atoms with E-state index in [9.17, 15) is 5.11 Å². The molecule has 0 bridgehead atoms. The third kappa shape index (κ3) is 3.84. The largest absolute Gasteiger partial charge is 0.481 e. The smallest absolute Gasteiger partial charge is 0.220 e. The second kappa shape index (κ2) is 6.51. The maximum Gasteiger partial charge on any atom is 0.220 e. The summed E-state index contributed by atoms with van der Waals surface area (Å²) in [6, 6.07) is 1.56. The van der Waals surface area contributed by atoms with Crippen LogP contribution in [0.4, 0.5) is 0 Å². The molecule has 90 valence electrons. The van der Waals surface area contributed by atoms with E-state index in [1.165, 1.54) is 26.0 Å². The van der Waals surface area contributed by atoms with E-state index in [-0.39, 0.29) is 6.61 Å². The third-order valence-corrected chi connectivity index (χ3v) is 2.68. The molecular weight excluding hydrogens is 232 g/mol. The summed E-state index contributed by atoms with van der Waals surface area (Å²) in [5.41, 5.74) is 0. The van der Waals surface area contributed by atoms with Gasteiger partial charge < -0.3 is 19.7 Å². The fourth-order valence-electron chi connectivity index (χ4n) is 0.881. The van der Waals surface area contributed by atoms with Crippen molar-refractivity contribution in [2.45, 2.75) is 11.3 Å². The second-order valence-electron chi connectivity index (χ2n) is 2.88. The molecule has 1 heterocycles. The summed E-state index contributed by atoms with van der Waals surface area (Å²) in [5.74, 6) is 1.10. The molecule has 2 N–H and O–H groups in total. The van der Waals surface area contributed by atoms with E-state index >= 15 is 0 Å². The van der Waals surface area contributed by atoms with E-state index < -0.39 is 6.10 Å². The molecule has 1 aromatic heterocycles. The van der Waals surface area contributed by atoms with Gasteiger partial charge in [-0.15, -0.1) is 0 Å². The Labute approximate surface area is 97.6 Å². The number of methoxy groups -OCH3 is 2. The summed E-state index contributed by atoms with van der Waals surface area (Å²) in [5, 5.41) is 18.3. The Morgan fingerprint density at radius 2 is 1.88 bits per heavy atom. The van der Waals surface area contributed by atoms with Gasteiger partial charge in [0, 0.05) is 5.75 Å². The van der Waals surface area contributed by atoms with Gasteiger partial charge in [-0.2, -0.15) is 9.97 Å². The summed E-state index contributed by atoms with van der Waals surface area (Å²) in [6.07, 6.45) is -0.786. The van der Waals surface area contributed by atoms with Gasteiger partial charge in [0.1, 0.15) is 0 Å². The Morgan fingerprint density at radius 3 is 2.31 bits per heavy atom. The number of rotatable bonds is 6. The van der Waals surface area contributed by atoms with Gasteiger partial charge >= 0.3 is 0 Å². The number of hydrogen-bond acceptors (Lipinski definition) is 7. The summed E-state index contributed by atoms with van der Waals surface area (Å²) in [6.45, 7) is -0.284. The Morgan fingerprint density at radius 1 is 1.31 bits per heavy atom. The summed E-state index contributed by atoms with van der Waals surface area (Å²) in [7, 11) is 3.00. The highest BCUT2D eigenvalue weighted by molar-refractivity contribution is 7.99. The van der Waals surface area contributed by atoms with Crippen LogP contribution in [0.5, 0.6) is 11.8 Å². The predicted octanol–water partition coefficient (Wildman–Crippen LogP) is -0.0609. The first-order valence-electron chi connectivity index (χ1n) is 4.58. The van der Waals surface area contributed by atoms with E-state index in [0.29, 0.717) is 22.7 Å². The fourth-order valence-corrected chi connectivity index (χ4v) is 1.64. The van der Waals surface area contributed by atoms with Crippen LogP contribution in [0.3, 0.4) is 0 Å². The number of aromatic nitrogens is 2.